The van der Waals surface area contributed by atoms with Gasteiger partial charge in [-0.2, -0.15) is 8.62 Å². The number of guanidine groups is 1. The Morgan fingerprint density at radius 3 is 2.70 bits per heavy atom. The highest BCUT2D eigenvalue weighted by atomic mass is 33.1. The number of aromatic nitrogens is 2. The Morgan fingerprint density at radius 1 is 1.30 bits per heavy atom. The van der Waals surface area contributed by atoms with Gasteiger partial charge in [0.05, 0.1) is 19.0 Å². The monoisotopic (exact) mass is 769 g/mol. The highest BCUT2D eigenvalue weighted by molar-refractivity contribution is 8.77. The van der Waals surface area contributed by atoms with Crippen molar-refractivity contribution in [3.63, 3.8) is 0 Å². The number of aliphatic imine (C=N–C) groups is 1. The number of carbonyl (C=O) groups is 1. The number of hydrogen-bond acceptors (Lipinski definition) is 17. The van der Waals surface area contributed by atoms with Crippen LogP contribution in [0.4, 0.5) is 5.82 Å². The average molecular weight is 770 g/mol. The Balaban J connectivity index is 1.62. The second kappa shape index (κ2) is 16.8. The van der Waals surface area contributed by atoms with Crippen molar-refractivity contribution in [3.8, 4) is 0 Å². The molecular formula is C19H34N9O14P3S2. The molecule has 1 saturated heterocycles. The van der Waals surface area contributed by atoms with Crippen LogP contribution in [0.2, 0.25) is 0 Å². The number of nitrogens with zero attached hydrogens (tertiary/aromatic N) is 6. The number of carbonyl (C=O) groups excluding carboxylic acids is 1. The normalized spacial score (nSPS) is 23.9. The van der Waals surface area contributed by atoms with Gasteiger partial charge in [-0.05, 0) is 25.8 Å². The van der Waals surface area contributed by atoms with Crippen molar-refractivity contribution in [2.45, 2.75) is 62.5 Å². The van der Waals surface area contributed by atoms with E-state index in [9.17, 15) is 33.4 Å². The van der Waals surface area contributed by atoms with E-state index in [4.69, 9.17) is 35.0 Å². The Kier molecular flexibility index (Phi) is 14.2. The number of phosphoric acid groups is 3. The van der Waals surface area contributed by atoms with Crippen molar-refractivity contribution in [2.75, 3.05) is 31.0 Å². The first-order valence-electron chi connectivity index (χ1n) is 13.3. The number of azide groups is 1. The van der Waals surface area contributed by atoms with Gasteiger partial charge in [0, 0.05) is 35.6 Å². The van der Waals surface area contributed by atoms with Crippen molar-refractivity contribution in [3.05, 3.63) is 22.5 Å². The van der Waals surface area contributed by atoms with Crippen molar-refractivity contribution in [2.24, 2.45) is 15.8 Å². The van der Waals surface area contributed by atoms with E-state index in [-0.39, 0.29) is 48.7 Å². The quantitative estimate of drug-likeness (QED) is 0.0189. The SMILES string of the molecule is CC(C)(CNC(=O)CCCN=[N+]=[N-])SSCOC1C[C@H](n2cnc3c2NC(N)=NC3O)O[C@@H]1COP(=O)(O)OP(=O)(O)OP(=O)(O)O. The lowest BCUT2D eigenvalue weighted by Crippen LogP contribution is -2.35. The molecule has 1 aromatic heterocycles. The zero-order valence-corrected chi connectivity index (χ0v) is 29.0. The number of phosphoric ester groups is 1. The highest BCUT2D eigenvalue weighted by Crippen LogP contribution is 2.66. The van der Waals surface area contributed by atoms with Crippen molar-refractivity contribution < 1.29 is 65.8 Å². The summed E-state index contributed by atoms with van der Waals surface area (Å²) in [5, 5.41) is 19.1. The van der Waals surface area contributed by atoms with Gasteiger partial charge >= 0.3 is 23.5 Å². The fourth-order valence-corrected chi connectivity index (χ4v) is 9.21. The van der Waals surface area contributed by atoms with Crippen LogP contribution >= 0.6 is 45.1 Å². The lowest BCUT2D eigenvalue weighted by atomic mass is 10.2. The lowest BCUT2D eigenvalue weighted by molar-refractivity contribution is -0.121. The number of fused-ring (bicyclic) bond motifs is 1. The summed E-state index contributed by atoms with van der Waals surface area (Å²) in [7, 11) is -14.1. The molecule has 6 atom stereocenters. The van der Waals surface area contributed by atoms with Crippen LogP contribution < -0.4 is 16.4 Å². The molecule has 28 heteroatoms. The van der Waals surface area contributed by atoms with Gasteiger partial charge in [0.15, 0.2) is 12.2 Å². The maximum absolute atomic E-state index is 12.3. The van der Waals surface area contributed by atoms with Gasteiger partial charge in [0.1, 0.15) is 29.8 Å². The molecule has 23 nitrogen and oxygen atoms in total. The molecule has 0 radical (unpaired) electrons. The largest absolute Gasteiger partial charge is 0.490 e. The zero-order chi connectivity index (χ0) is 35.0. The first-order chi connectivity index (χ1) is 21.8. The third-order valence-electron chi connectivity index (χ3n) is 5.93. The fraction of sp³-hybridized carbons (Fsp3) is 0.737. The Hall–Kier alpha value is -1.75. The van der Waals surface area contributed by atoms with Gasteiger partial charge in [-0.15, -0.1) is 0 Å². The summed E-state index contributed by atoms with van der Waals surface area (Å²) in [6.45, 7) is 3.55. The number of hydrogen-bond donors (Lipinski definition) is 8. The molecule has 266 valence electrons. The standard InChI is InChI=1S/C19H34N9O14P3S2/c1-19(2,8-22-13(29)4-3-5-24-27-21)47-46-10-38-11-6-14(28-9-23-15-16(28)25-18(20)26-17(15)30)40-12(11)7-39-44(34,35)42-45(36,37)41-43(31,32)33/h9,11-12,14,17,30H,3-8,10H2,1-2H3,(H,22,29)(H,34,35)(H,36,37)(H3,20,25,26)(H2,31,32,33)/t11?,12-,14-,17?/m1/s1. The minimum Gasteiger partial charge on any atom is -0.370 e. The van der Waals surface area contributed by atoms with E-state index in [1.807, 2.05) is 13.8 Å². The Morgan fingerprint density at radius 2 is 2.02 bits per heavy atom. The number of rotatable bonds is 19. The van der Waals surface area contributed by atoms with Crippen LogP contribution in [0.15, 0.2) is 16.4 Å². The summed E-state index contributed by atoms with van der Waals surface area (Å²) >= 11 is 0. The van der Waals surface area contributed by atoms with Crippen molar-refractivity contribution in [1.29, 1.82) is 0 Å². The number of ether oxygens (including phenoxy) is 2. The average Bonchev–Trinajstić information content (AvgIpc) is 3.53. The van der Waals surface area contributed by atoms with E-state index in [1.165, 1.54) is 32.5 Å². The molecule has 0 saturated carbocycles. The molecule has 4 unspecified atom stereocenters. The van der Waals surface area contributed by atoms with E-state index in [0.717, 1.165) is 0 Å². The van der Waals surface area contributed by atoms with Gasteiger partial charge in [0.2, 0.25) is 5.91 Å². The summed E-state index contributed by atoms with van der Waals surface area (Å²) < 4.78 is 60.2. The summed E-state index contributed by atoms with van der Waals surface area (Å²) in [6, 6.07) is 0. The van der Waals surface area contributed by atoms with E-state index >= 15 is 0 Å². The predicted molar refractivity (Wildman–Crippen MR) is 166 cm³/mol. The number of anilines is 1. The molecule has 1 amide bonds. The summed E-state index contributed by atoms with van der Waals surface area (Å²) in [5.74, 6) is 0.0213. The minimum atomic E-state index is -5.74. The first kappa shape index (κ1) is 39.7. The minimum absolute atomic E-state index is 0.0549. The predicted octanol–water partition coefficient (Wildman–Crippen LogP) is 1.95. The smallest absolute Gasteiger partial charge is 0.370 e. The van der Waals surface area contributed by atoms with Crippen LogP contribution in [0.25, 0.3) is 10.4 Å². The molecule has 9 N–H and O–H groups in total. The summed E-state index contributed by atoms with van der Waals surface area (Å²) in [5.41, 5.74) is 14.2. The molecule has 47 heavy (non-hydrogen) atoms. The molecule has 0 aromatic carbocycles. The van der Waals surface area contributed by atoms with Crippen LogP contribution in [-0.2, 0) is 41.1 Å². The molecule has 1 fully saturated rings. The third-order valence-corrected chi connectivity index (χ3v) is 12.7. The van der Waals surface area contributed by atoms with Crippen LogP contribution in [0.3, 0.4) is 0 Å². The van der Waals surface area contributed by atoms with Gasteiger partial charge in [-0.1, -0.05) is 26.7 Å². The number of aliphatic hydroxyl groups is 1. The van der Waals surface area contributed by atoms with Gasteiger partial charge in [-0.25, -0.2) is 23.7 Å². The van der Waals surface area contributed by atoms with Crippen molar-refractivity contribution >= 4 is 62.7 Å². The Bertz CT molecular complexity index is 1490. The summed E-state index contributed by atoms with van der Waals surface area (Å²) in [6.07, 6.45) is -2.11. The van der Waals surface area contributed by atoms with Crippen LogP contribution in [-0.4, -0.2) is 88.7 Å². The molecule has 0 bridgehead atoms. The molecule has 3 heterocycles. The molecule has 0 aliphatic carbocycles. The van der Waals surface area contributed by atoms with Crippen LogP contribution in [0.1, 0.15) is 51.3 Å². The number of nitrogens with one attached hydrogen (secondary N) is 2. The van der Waals surface area contributed by atoms with Crippen LogP contribution in [0.5, 0.6) is 0 Å². The molecule has 3 rings (SSSR count). The van der Waals surface area contributed by atoms with Gasteiger partial charge < -0.3 is 50.5 Å². The number of amides is 1. The molecule has 0 spiro atoms. The Labute approximate surface area is 274 Å². The maximum Gasteiger partial charge on any atom is 0.490 e. The molecule has 2 aliphatic heterocycles. The topological polar surface area (TPSA) is 345 Å². The molecular weight excluding hydrogens is 735 g/mol. The molecule has 1 aromatic rings. The van der Waals surface area contributed by atoms with E-state index in [2.05, 4.69) is 39.3 Å². The highest BCUT2D eigenvalue weighted by Gasteiger charge is 2.44. The number of nitrogens with two attached hydrogens (primary N) is 1. The van der Waals surface area contributed by atoms with Crippen LogP contribution in [0, 0.1) is 0 Å². The second-order valence-electron chi connectivity index (χ2n) is 10.3. The third kappa shape index (κ3) is 13.2. The second-order valence-corrected chi connectivity index (χ2v) is 17.6. The van der Waals surface area contributed by atoms with Gasteiger partial charge in [-0.3, -0.25) is 13.9 Å². The zero-order valence-electron chi connectivity index (χ0n) is 24.7. The number of imidazole rings is 1. The molecule has 2 aliphatic rings. The lowest BCUT2D eigenvalue weighted by Gasteiger charge is -2.24. The van der Waals surface area contributed by atoms with E-state index < -0.39 is 59.5 Å². The van der Waals surface area contributed by atoms with Gasteiger partial charge in [0.25, 0.3) is 0 Å². The summed E-state index contributed by atoms with van der Waals surface area (Å²) in [4.78, 5) is 59.4. The number of aliphatic hydroxyl groups excluding tert-OH is 1. The van der Waals surface area contributed by atoms with E-state index in [1.54, 1.807) is 0 Å². The maximum atomic E-state index is 12.3. The van der Waals surface area contributed by atoms with Crippen molar-refractivity contribution in [1.82, 2.24) is 14.9 Å². The fourth-order valence-electron chi connectivity index (χ4n) is 4.01. The van der Waals surface area contributed by atoms with E-state index in [0.29, 0.717) is 13.0 Å². The first-order valence-corrected chi connectivity index (χ1v) is 20.1.